The van der Waals surface area contributed by atoms with E-state index in [-0.39, 0.29) is 0 Å². The molecule has 0 saturated heterocycles. The fourth-order valence-electron chi connectivity index (χ4n) is 0.781. The molecule has 0 radical (unpaired) electrons. The molecule has 0 aromatic heterocycles. The van der Waals surface area contributed by atoms with Gasteiger partial charge in [0.15, 0.2) is 0 Å². The summed E-state index contributed by atoms with van der Waals surface area (Å²) in [6, 6.07) is 0. The molecule has 10 heavy (non-hydrogen) atoms. The first kappa shape index (κ1) is 9.85. The van der Waals surface area contributed by atoms with Gasteiger partial charge in [0.25, 0.3) is 5.11 Å². The van der Waals surface area contributed by atoms with Crippen molar-refractivity contribution in [3.63, 3.8) is 0 Å². The zero-order valence-corrected chi connectivity index (χ0v) is 8.09. The Morgan fingerprint density at radius 3 is 1.90 bits per heavy atom. The van der Waals surface area contributed by atoms with Crippen molar-refractivity contribution in [2.45, 2.75) is 13.8 Å². The maximum absolute atomic E-state index is 5.15. The lowest BCUT2D eigenvalue weighted by molar-refractivity contribution is -0.816. The molecule has 0 spiro atoms. The van der Waals surface area contributed by atoms with Crippen LogP contribution in [0, 0.1) is 0 Å². The number of nitrogens with one attached hydrogen (secondary N) is 1. The van der Waals surface area contributed by atoms with Crippen LogP contribution in [-0.4, -0.2) is 36.8 Å². The third-order valence-electron chi connectivity index (χ3n) is 2.10. The molecule has 0 amide bonds. The topological polar surface area (TPSA) is 12.0 Å². The summed E-state index contributed by atoms with van der Waals surface area (Å²) in [7, 11) is 4.02. The number of quaternary nitrogens is 1. The summed E-state index contributed by atoms with van der Waals surface area (Å²) in [5.74, 6) is 0. The standard InChI is InChI=1S/C7H16N2S/c1-5-9(4,6-2)7(10)8-3/h5-6H2,1-4H3/p+1. The van der Waals surface area contributed by atoms with Gasteiger partial charge in [0.05, 0.1) is 20.1 Å². The van der Waals surface area contributed by atoms with Crippen molar-refractivity contribution in [2.75, 3.05) is 27.2 Å². The summed E-state index contributed by atoms with van der Waals surface area (Å²) in [5, 5.41) is 3.93. The van der Waals surface area contributed by atoms with Crippen LogP contribution in [0.15, 0.2) is 0 Å². The molecule has 60 valence electrons. The predicted octanol–water partition coefficient (Wildman–Crippen LogP) is 0.977. The smallest absolute Gasteiger partial charge is 0.269 e. The van der Waals surface area contributed by atoms with E-state index in [1.165, 1.54) is 0 Å². The highest BCUT2D eigenvalue weighted by atomic mass is 32.1. The monoisotopic (exact) mass is 161 g/mol. The van der Waals surface area contributed by atoms with Gasteiger partial charge < -0.3 is 5.32 Å². The molecule has 0 heterocycles. The minimum absolute atomic E-state index is 0.839. The summed E-state index contributed by atoms with van der Waals surface area (Å²) < 4.78 is 0.839. The number of hydrogen-bond donors (Lipinski definition) is 1. The lowest BCUT2D eigenvalue weighted by Gasteiger charge is -2.30. The van der Waals surface area contributed by atoms with Gasteiger partial charge in [-0.25, -0.2) is 0 Å². The van der Waals surface area contributed by atoms with Gasteiger partial charge in [0.2, 0.25) is 0 Å². The average molecular weight is 161 g/mol. The lowest BCUT2D eigenvalue weighted by atomic mass is 10.4. The Morgan fingerprint density at radius 2 is 1.80 bits per heavy atom. The van der Waals surface area contributed by atoms with E-state index < -0.39 is 0 Å². The number of hydrogen-bond acceptors (Lipinski definition) is 1. The molecule has 0 aliphatic rings. The molecule has 0 aliphatic heterocycles. The van der Waals surface area contributed by atoms with Gasteiger partial charge in [0.1, 0.15) is 0 Å². The van der Waals surface area contributed by atoms with Crippen LogP contribution in [-0.2, 0) is 0 Å². The molecular formula is C7H17N2S+. The third-order valence-corrected chi connectivity index (χ3v) is 2.74. The molecule has 0 fully saturated rings. The van der Waals surface area contributed by atoms with Crippen molar-refractivity contribution in [2.24, 2.45) is 0 Å². The minimum atomic E-state index is 0.839. The van der Waals surface area contributed by atoms with Crippen LogP contribution in [0.25, 0.3) is 0 Å². The highest BCUT2D eigenvalue weighted by Gasteiger charge is 2.21. The van der Waals surface area contributed by atoms with E-state index in [1.807, 2.05) is 7.05 Å². The van der Waals surface area contributed by atoms with Crippen molar-refractivity contribution in [3.05, 3.63) is 0 Å². The van der Waals surface area contributed by atoms with Crippen molar-refractivity contribution in [3.8, 4) is 0 Å². The van der Waals surface area contributed by atoms with Gasteiger partial charge in [-0.2, -0.15) is 0 Å². The first-order chi connectivity index (χ1) is 4.60. The highest BCUT2D eigenvalue weighted by Crippen LogP contribution is 2.00. The second kappa shape index (κ2) is 3.88. The van der Waals surface area contributed by atoms with Gasteiger partial charge in [-0.1, -0.05) is 0 Å². The number of thiocarbonyl (C=S) groups is 1. The van der Waals surface area contributed by atoms with Crippen LogP contribution >= 0.6 is 12.2 Å². The number of nitrogens with zero attached hydrogens (tertiary/aromatic N) is 1. The second-order valence-corrected chi connectivity index (χ2v) is 2.97. The molecule has 0 atom stereocenters. The summed E-state index contributed by atoms with van der Waals surface area (Å²) >= 11 is 5.15. The molecule has 0 saturated carbocycles. The van der Waals surface area contributed by atoms with E-state index in [9.17, 15) is 0 Å². The van der Waals surface area contributed by atoms with Crippen LogP contribution in [0.3, 0.4) is 0 Å². The summed E-state index contributed by atoms with van der Waals surface area (Å²) in [6.45, 7) is 6.40. The Hall–Kier alpha value is -0.150. The molecule has 0 unspecified atom stereocenters. The summed E-state index contributed by atoms with van der Waals surface area (Å²) in [5.41, 5.74) is 0. The van der Waals surface area contributed by atoms with E-state index >= 15 is 0 Å². The van der Waals surface area contributed by atoms with Crippen molar-refractivity contribution in [1.82, 2.24) is 5.32 Å². The maximum atomic E-state index is 5.15. The van der Waals surface area contributed by atoms with Crippen molar-refractivity contribution in [1.29, 1.82) is 0 Å². The molecule has 0 rings (SSSR count). The van der Waals surface area contributed by atoms with Gasteiger partial charge in [-0.05, 0) is 13.8 Å². The van der Waals surface area contributed by atoms with Crippen LogP contribution < -0.4 is 5.32 Å². The molecular weight excluding hydrogens is 144 g/mol. The zero-order valence-electron chi connectivity index (χ0n) is 7.27. The Morgan fingerprint density at radius 1 is 1.40 bits per heavy atom. The van der Waals surface area contributed by atoms with E-state index in [4.69, 9.17) is 12.2 Å². The normalized spacial score (nSPS) is 11.2. The molecule has 0 aliphatic carbocycles. The first-order valence-electron chi connectivity index (χ1n) is 3.67. The van der Waals surface area contributed by atoms with Gasteiger partial charge in [-0.3, -0.25) is 4.48 Å². The molecule has 0 aromatic rings. The lowest BCUT2D eigenvalue weighted by Crippen LogP contribution is -2.53. The van der Waals surface area contributed by atoms with Crippen LogP contribution in [0.1, 0.15) is 13.8 Å². The third kappa shape index (κ3) is 1.92. The maximum Gasteiger partial charge on any atom is 0.269 e. The zero-order chi connectivity index (χ0) is 8.20. The van der Waals surface area contributed by atoms with Gasteiger partial charge >= 0.3 is 0 Å². The molecule has 0 bridgehead atoms. The predicted molar refractivity (Wildman–Crippen MR) is 48.9 cm³/mol. The fourth-order valence-corrected chi connectivity index (χ4v) is 1.04. The second-order valence-electron chi connectivity index (χ2n) is 2.58. The quantitative estimate of drug-likeness (QED) is 0.478. The van der Waals surface area contributed by atoms with Crippen molar-refractivity contribution < 1.29 is 4.48 Å². The van der Waals surface area contributed by atoms with Gasteiger partial charge in [0, 0.05) is 19.3 Å². The SMILES string of the molecule is CC[N+](C)(CC)C(=S)NC. The largest absolute Gasteiger partial charge is 0.335 e. The Balaban J connectivity index is 4.17. The molecule has 2 nitrogen and oxygen atoms in total. The van der Waals surface area contributed by atoms with E-state index in [1.54, 1.807) is 0 Å². The Labute approximate surface area is 68.8 Å². The van der Waals surface area contributed by atoms with Crippen molar-refractivity contribution >= 4 is 17.3 Å². The highest BCUT2D eigenvalue weighted by molar-refractivity contribution is 7.79. The summed E-state index contributed by atoms with van der Waals surface area (Å²) in [6.07, 6.45) is 0. The van der Waals surface area contributed by atoms with Crippen LogP contribution in [0.4, 0.5) is 0 Å². The fraction of sp³-hybridized carbons (Fsp3) is 0.857. The van der Waals surface area contributed by atoms with E-state index in [2.05, 4.69) is 26.2 Å². The van der Waals surface area contributed by atoms with Gasteiger partial charge in [-0.15, -0.1) is 0 Å². The minimum Gasteiger partial charge on any atom is -0.335 e. The van der Waals surface area contributed by atoms with Crippen LogP contribution in [0.2, 0.25) is 0 Å². The Kier molecular flexibility index (Phi) is 3.83. The van der Waals surface area contributed by atoms with Crippen LogP contribution in [0.5, 0.6) is 0 Å². The summed E-state index contributed by atoms with van der Waals surface area (Å²) in [4.78, 5) is 0. The molecule has 1 N–H and O–H groups in total. The first-order valence-corrected chi connectivity index (χ1v) is 4.08. The van der Waals surface area contributed by atoms with E-state index in [0.29, 0.717) is 0 Å². The Bertz CT molecular complexity index is 119. The average Bonchev–Trinajstić information content (AvgIpc) is 2.01. The molecule has 3 heteroatoms. The number of rotatable bonds is 2. The molecule has 0 aromatic carbocycles. The van der Waals surface area contributed by atoms with E-state index in [0.717, 1.165) is 22.7 Å².